The Balaban J connectivity index is 1.78. The van der Waals surface area contributed by atoms with Gasteiger partial charge >= 0.3 is 6.09 Å². The molecular formula is C26H51N5O3. The van der Waals surface area contributed by atoms with Gasteiger partial charge in [-0.2, -0.15) is 0 Å². The Kier molecular flexibility index (Phi) is 9.70. The molecule has 198 valence electrons. The smallest absolute Gasteiger partial charge is 0.407 e. The summed E-state index contributed by atoms with van der Waals surface area (Å²) < 4.78 is 11.7. The van der Waals surface area contributed by atoms with Gasteiger partial charge in [0.05, 0.1) is 24.4 Å². The van der Waals surface area contributed by atoms with Crippen molar-refractivity contribution < 1.29 is 14.3 Å². The number of hydrogen-bond acceptors (Lipinski definition) is 7. The molecule has 2 aliphatic rings. The topological polar surface area (TPSA) is 115 Å². The lowest BCUT2D eigenvalue weighted by Crippen LogP contribution is -2.49. The molecule has 2 aliphatic carbocycles. The zero-order valence-corrected chi connectivity index (χ0v) is 22.9. The molecule has 2 rings (SSSR count). The summed E-state index contributed by atoms with van der Waals surface area (Å²) in [5.74, 6) is 7.93. The normalized spacial score (nSPS) is 25.7. The lowest BCUT2D eigenvalue weighted by molar-refractivity contribution is -0.0464. The number of carbonyl (C=O) groups excluding carboxylic acids is 1. The van der Waals surface area contributed by atoms with Gasteiger partial charge in [0.1, 0.15) is 0 Å². The molecule has 34 heavy (non-hydrogen) atoms. The van der Waals surface area contributed by atoms with Crippen LogP contribution in [0.4, 0.5) is 4.79 Å². The first-order valence-electron chi connectivity index (χ1n) is 12.9. The number of nitrogens with zero attached hydrogens (tertiary/aromatic N) is 1. The first kappa shape index (κ1) is 28.7. The molecule has 1 saturated carbocycles. The van der Waals surface area contributed by atoms with Gasteiger partial charge in [-0.1, -0.05) is 20.8 Å². The van der Waals surface area contributed by atoms with Gasteiger partial charge < -0.3 is 30.8 Å². The van der Waals surface area contributed by atoms with E-state index in [1.54, 1.807) is 0 Å². The van der Waals surface area contributed by atoms with Crippen molar-refractivity contribution >= 4 is 6.09 Å². The highest BCUT2D eigenvalue weighted by molar-refractivity contribution is 5.68. The van der Waals surface area contributed by atoms with Gasteiger partial charge in [-0.3, -0.25) is 0 Å². The van der Waals surface area contributed by atoms with Gasteiger partial charge in [-0.25, -0.2) is 10.6 Å². The van der Waals surface area contributed by atoms with E-state index in [1.165, 1.54) is 0 Å². The van der Waals surface area contributed by atoms with Gasteiger partial charge in [0.15, 0.2) is 0 Å². The zero-order chi connectivity index (χ0) is 25.7. The van der Waals surface area contributed by atoms with Crippen molar-refractivity contribution in [3.05, 3.63) is 11.4 Å². The van der Waals surface area contributed by atoms with Crippen molar-refractivity contribution in [2.75, 3.05) is 33.4 Å². The molecule has 6 N–H and O–H groups in total. The summed E-state index contributed by atoms with van der Waals surface area (Å²) in [5.41, 5.74) is 7.75. The largest absolute Gasteiger partial charge is 0.449 e. The number of hydrazine groups is 1. The second-order valence-electron chi connectivity index (χ2n) is 12.7. The van der Waals surface area contributed by atoms with Crippen molar-refractivity contribution in [1.82, 2.24) is 15.6 Å². The summed E-state index contributed by atoms with van der Waals surface area (Å²) in [6, 6.07) is 0. The molecule has 1 amide bonds. The van der Waals surface area contributed by atoms with E-state index in [0.29, 0.717) is 31.0 Å². The van der Waals surface area contributed by atoms with Crippen molar-refractivity contribution in [3.8, 4) is 0 Å². The highest BCUT2D eigenvalue weighted by Crippen LogP contribution is 2.54. The minimum Gasteiger partial charge on any atom is -0.449 e. The number of rotatable bonds is 11. The summed E-state index contributed by atoms with van der Waals surface area (Å²) in [6.45, 7) is 17.1. The maximum absolute atomic E-state index is 12.5. The second-order valence-corrected chi connectivity index (χ2v) is 12.7. The fraction of sp³-hybridized carbons (Fsp3) is 0.885. The number of alkyl carbamates (subject to hydrolysis) is 1. The molecule has 0 aromatic carbocycles. The number of carbonyl (C=O) groups is 1. The summed E-state index contributed by atoms with van der Waals surface area (Å²) in [4.78, 5) is 12.5. The van der Waals surface area contributed by atoms with E-state index in [-0.39, 0.29) is 17.1 Å². The summed E-state index contributed by atoms with van der Waals surface area (Å²) >= 11 is 0. The summed E-state index contributed by atoms with van der Waals surface area (Å²) in [5, 5.41) is 7.97. The fourth-order valence-corrected chi connectivity index (χ4v) is 4.89. The third-order valence-corrected chi connectivity index (χ3v) is 6.98. The van der Waals surface area contributed by atoms with Crippen LogP contribution in [0.2, 0.25) is 0 Å². The lowest BCUT2D eigenvalue weighted by atomic mass is 9.95. The molecule has 0 aromatic rings. The number of allylic oxidation sites excluding steroid dienone is 2. The van der Waals surface area contributed by atoms with Crippen LogP contribution < -0.4 is 22.2 Å². The van der Waals surface area contributed by atoms with Crippen LogP contribution in [0, 0.1) is 23.2 Å². The van der Waals surface area contributed by atoms with Crippen LogP contribution in [0.1, 0.15) is 80.6 Å². The maximum atomic E-state index is 12.5. The zero-order valence-electron chi connectivity index (χ0n) is 22.9. The molecule has 0 radical (unpaired) electrons. The Morgan fingerprint density at radius 2 is 1.71 bits per heavy atom. The summed E-state index contributed by atoms with van der Waals surface area (Å²) in [6.07, 6.45) is 4.32. The molecule has 8 nitrogen and oxygen atoms in total. The predicted molar refractivity (Wildman–Crippen MR) is 138 cm³/mol. The minimum atomic E-state index is -0.510. The first-order valence-corrected chi connectivity index (χ1v) is 12.9. The molecule has 0 aliphatic heterocycles. The number of nitrogens with one attached hydrogen (secondary N) is 2. The number of nitrogens with two attached hydrogens (primary N) is 2. The van der Waals surface area contributed by atoms with Gasteiger partial charge in [0.25, 0.3) is 0 Å². The van der Waals surface area contributed by atoms with E-state index in [1.807, 2.05) is 25.9 Å². The van der Waals surface area contributed by atoms with Crippen molar-refractivity contribution in [3.63, 3.8) is 0 Å². The third-order valence-electron chi connectivity index (χ3n) is 6.98. The summed E-state index contributed by atoms with van der Waals surface area (Å²) in [7, 11) is 1.93. The number of amides is 1. The quantitative estimate of drug-likeness (QED) is 0.263. The molecular weight excluding hydrogens is 430 g/mol. The second kappa shape index (κ2) is 11.5. The van der Waals surface area contributed by atoms with E-state index in [4.69, 9.17) is 21.1 Å². The predicted octanol–water partition coefficient (Wildman–Crippen LogP) is 3.72. The van der Waals surface area contributed by atoms with Crippen LogP contribution in [0.5, 0.6) is 0 Å². The maximum Gasteiger partial charge on any atom is 0.407 e. The van der Waals surface area contributed by atoms with E-state index >= 15 is 0 Å². The van der Waals surface area contributed by atoms with Crippen molar-refractivity contribution in [2.45, 2.75) is 91.7 Å². The van der Waals surface area contributed by atoms with Crippen molar-refractivity contribution in [1.29, 1.82) is 0 Å². The average Bonchev–Trinajstić information content (AvgIpc) is 3.35. The molecule has 1 fully saturated rings. The van der Waals surface area contributed by atoms with Gasteiger partial charge in [0.2, 0.25) is 0 Å². The standard InChI is InChI=1S/C26H51N5O3/c1-24(2,3)16-31(28)22-12-10-19-18(9-11-21(22)27)20(19)15-33-23(32)30-25(4,5)17-34-26(6,7)13-14-29-8/h18-20,29H,9-17,27-28H2,1-8H3,(H,30,32)/b22-21-/t18?,19?,20-/m0/s1. The van der Waals surface area contributed by atoms with E-state index in [2.05, 4.69) is 45.3 Å². The Bertz CT molecular complexity index is 714. The molecule has 0 heterocycles. The van der Waals surface area contributed by atoms with Gasteiger partial charge in [0, 0.05) is 17.9 Å². The first-order chi connectivity index (χ1) is 15.6. The molecule has 2 unspecified atom stereocenters. The molecule has 0 saturated heterocycles. The average molecular weight is 482 g/mol. The molecule has 0 spiro atoms. The van der Waals surface area contributed by atoms with Crippen LogP contribution in [0.3, 0.4) is 0 Å². The minimum absolute atomic E-state index is 0.109. The Morgan fingerprint density at radius 1 is 1.09 bits per heavy atom. The number of ether oxygens (including phenoxy) is 2. The lowest BCUT2D eigenvalue weighted by Gasteiger charge is -2.32. The monoisotopic (exact) mass is 481 g/mol. The fourth-order valence-electron chi connectivity index (χ4n) is 4.89. The molecule has 0 aromatic heterocycles. The van der Waals surface area contributed by atoms with E-state index in [0.717, 1.165) is 56.6 Å². The SMILES string of the molecule is CNCCC(C)(C)OCC(C)(C)NC(=O)OC[C@H]1C2CC/C(N)=C(/N(N)CC(C)(C)C)CCC21. The third kappa shape index (κ3) is 9.27. The van der Waals surface area contributed by atoms with Crippen molar-refractivity contribution in [2.24, 2.45) is 34.7 Å². The van der Waals surface area contributed by atoms with Crippen LogP contribution in [0.25, 0.3) is 0 Å². The van der Waals surface area contributed by atoms with Gasteiger partial charge in [-0.05, 0) is 96.6 Å². The Hall–Kier alpha value is -1.51. The van der Waals surface area contributed by atoms with Crippen LogP contribution in [0.15, 0.2) is 11.4 Å². The van der Waals surface area contributed by atoms with Crippen LogP contribution in [-0.4, -0.2) is 55.6 Å². The van der Waals surface area contributed by atoms with E-state index < -0.39 is 5.54 Å². The van der Waals surface area contributed by atoms with E-state index in [9.17, 15) is 4.79 Å². The Morgan fingerprint density at radius 3 is 2.29 bits per heavy atom. The van der Waals surface area contributed by atoms with Crippen LogP contribution in [-0.2, 0) is 9.47 Å². The highest BCUT2D eigenvalue weighted by Gasteiger charge is 2.50. The molecule has 8 heteroatoms. The number of hydrogen-bond donors (Lipinski definition) is 4. The Labute approximate surface area is 207 Å². The highest BCUT2D eigenvalue weighted by atomic mass is 16.6. The van der Waals surface area contributed by atoms with Crippen LogP contribution >= 0.6 is 0 Å². The molecule has 0 bridgehead atoms. The number of fused-ring (bicyclic) bond motifs is 1. The van der Waals surface area contributed by atoms with Gasteiger partial charge in [-0.15, -0.1) is 0 Å². The molecule has 3 atom stereocenters.